The van der Waals surface area contributed by atoms with Crippen LogP contribution in [0.4, 0.5) is 0 Å². The van der Waals surface area contributed by atoms with Crippen LogP contribution in [0.25, 0.3) is 0 Å². The van der Waals surface area contributed by atoms with E-state index in [4.69, 9.17) is 4.74 Å². The second-order valence-corrected chi connectivity index (χ2v) is 5.36. The van der Waals surface area contributed by atoms with Gasteiger partial charge in [-0.3, -0.25) is 4.79 Å². The molecule has 0 atom stereocenters. The van der Waals surface area contributed by atoms with Crippen molar-refractivity contribution in [2.24, 2.45) is 0 Å². The van der Waals surface area contributed by atoms with Gasteiger partial charge in [-0.2, -0.15) is 0 Å². The van der Waals surface area contributed by atoms with E-state index >= 15 is 0 Å². The molecule has 0 saturated heterocycles. The summed E-state index contributed by atoms with van der Waals surface area (Å²) in [6, 6.07) is 12.9. The molecule has 0 aliphatic carbocycles. The van der Waals surface area contributed by atoms with Crippen molar-refractivity contribution < 1.29 is 14.3 Å². The van der Waals surface area contributed by atoms with Gasteiger partial charge in [-0.15, -0.1) is 0 Å². The van der Waals surface area contributed by atoms with Gasteiger partial charge in [-0.25, -0.2) is 9.78 Å². The zero-order valence-corrected chi connectivity index (χ0v) is 12.9. The molecule has 0 spiro atoms. The highest BCUT2D eigenvalue weighted by Gasteiger charge is 2.16. The lowest BCUT2D eigenvalue weighted by Crippen LogP contribution is -2.28. The maximum absolute atomic E-state index is 12.1. The van der Waals surface area contributed by atoms with Crippen LogP contribution < -0.4 is 5.32 Å². The Labute approximate surface area is 133 Å². The van der Waals surface area contributed by atoms with E-state index in [1.807, 2.05) is 30.3 Å². The monoisotopic (exact) mass is 316 g/mol. The van der Waals surface area contributed by atoms with E-state index in [9.17, 15) is 9.59 Å². The fourth-order valence-electron chi connectivity index (χ4n) is 1.68. The van der Waals surface area contributed by atoms with Gasteiger partial charge < -0.3 is 10.1 Å². The number of aromatic nitrogens is 1. The summed E-state index contributed by atoms with van der Waals surface area (Å²) < 4.78 is 5.02. The summed E-state index contributed by atoms with van der Waals surface area (Å²) in [6.45, 7) is 2.00. The van der Waals surface area contributed by atoms with Gasteiger partial charge in [0.15, 0.2) is 6.61 Å². The lowest BCUT2D eigenvalue weighted by Gasteiger charge is -2.08. The van der Waals surface area contributed by atoms with Gasteiger partial charge in [0, 0.05) is 17.6 Å². The number of esters is 1. The van der Waals surface area contributed by atoms with Crippen LogP contribution >= 0.6 is 11.8 Å². The van der Waals surface area contributed by atoms with E-state index in [0.29, 0.717) is 17.1 Å². The van der Waals surface area contributed by atoms with Crippen LogP contribution in [-0.2, 0) is 9.53 Å². The molecule has 6 heteroatoms. The Bertz CT molecular complexity index is 647. The highest BCUT2D eigenvalue weighted by atomic mass is 32.2. The number of amides is 1. The number of pyridine rings is 1. The first-order chi connectivity index (χ1) is 10.7. The summed E-state index contributed by atoms with van der Waals surface area (Å²) >= 11 is 1.37. The molecule has 0 radical (unpaired) electrons. The first-order valence-electron chi connectivity index (χ1n) is 6.82. The van der Waals surface area contributed by atoms with E-state index in [1.54, 1.807) is 25.3 Å². The van der Waals surface area contributed by atoms with Gasteiger partial charge in [0.25, 0.3) is 5.91 Å². The lowest BCUT2D eigenvalue weighted by atomic mass is 10.3. The number of carbonyl (C=O) groups is 2. The van der Waals surface area contributed by atoms with Crippen molar-refractivity contribution in [3.8, 4) is 0 Å². The summed E-state index contributed by atoms with van der Waals surface area (Å²) in [5.41, 5.74) is 0.348. The van der Waals surface area contributed by atoms with Crippen LogP contribution in [-0.4, -0.2) is 30.0 Å². The highest BCUT2D eigenvalue weighted by Crippen LogP contribution is 2.28. The molecular weight excluding hydrogens is 300 g/mol. The van der Waals surface area contributed by atoms with Gasteiger partial charge in [0.2, 0.25) is 0 Å². The summed E-state index contributed by atoms with van der Waals surface area (Å²) in [5.74, 6) is -0.880. The van der Waals surface area contributed by atoms with Crippen molar-refractivity contribution in [1.29, 1.82) is 0 Å². The number of nitrogens with zero attached hydrogens (tertiary/aromatic N) is 1. The van der Waals surface area contributed by atoms with E-state index in [-0.39, 0.29) is 12.5 Å². The zero-order chi connectivity index (χ0) is 15.8. The van der Waals surface area contributed by atoms with Crippen LogP contribution in [0.2, 0.25) is 0 Å². The van der Waals surface area contributed by atoms with Crippen molar-refractivity contribution in [2.45, 2.75) is 16.8 Å². The number of benzene rings is 1. The van der Waals surface area contributed by atoms with Crippen LogP contribution in [0.3, 0.4) is 0 Å². The third-order valence-electron chi connectivity index (χ3n) is 2.66. The Morgan fingerprint density at radius 3 is 2.68 bits per heavy atom. The van der Waals surface area contributed by atoms with Gasteiger partial charge in [0.05, 0.1) is 5.56 Å². The Hall–Kier alpha value is -2.34. The quantitative estimate of drug-likeness (QED) is 0.829. The molecule has 1 amide bonds. The minimum atomic E-state index is -0.558. The number of carbonyl (C=O) groups excluding carboxylic acids is 2. The first-order valence-corrected chi connectivity index (χ1v) is 7.64. The molecule has 114 valence electrons. The topological polar surface area (TPSA) is 68.3 Å². The van der Waals surface area contributed by atoms with E-state index in [2.05, 4.69) is 10.3 Å². The normalized spacial score (nSPS) is 10.0. The number of hydrogen-bond donors (Lipinski definition) is 1. The van der Waals surface area contributed by atoms with Crippen molar-refractivity contribution in [1.82, 2.24) is 10.3 Å². The molecule has 2 rings (SSSR count). The largest absolute Gasteiger partial charge is 0.452 e. The standard InChI is InChI=1S/C16H16N2O3S/c1-2-17-14(19)11-21-16(20)13-9-6-10-18-15(13)22-12-7-4-3-5-8-12/h3-10H,2,11H2,1H3,(H,17,19). The molecule has 1 aromatic heterocycles. The van der Waals surface area contributed by atoms with Gasteiger partial charge >= 0.3 is 5.97 Å². The number of hydrogen-bond acceptors (Lipinski definition) is 5. The van der Waals surface area contributed by atoms with Crippen molar-refractivity contribution in [2.75, 3.05) is 13.2 Å². The number of nitrogens with one attached hydrogen (secondary N) is 1. The lowest BCUT2D eigenvalue weighted by molar-refractivity contribution is -0.124. The van der Waals surface area contributed by atoms with Gasteiger partial charge in [0.1, 0.15) is 5.03 Å². The molecule has 22 heavy (non-hydrogen) atoms. The molecule has 1 N–H and O–H groups in total. The molecule has 1 heterocycles. The van der Waals surface area contributed by atoms with Gasteiger partial charge in [-0.05, 0) is 31.2 Å². The van der Waals surface area contributed by atoms with Crippen molar-refractivity contribution >= 4 is 23.6 Å². The molecule has 0 aliphatic heterocycles. The average Bonchev–Trinajstić information content (AvgIpc) is 2.54. The number of rotatable bonds is 6. The molecule has 1 aromatic carbocycles. The molecule has 0 bridgehead atoms. The zero-order valence-electron chi connectivity index (χ0n) is 12.1. The van der Waals surface area contributed by atoms with Crippen molar-refractivity contribution in [3.63, 3.8) is 0 Å². The first kappa shape index (κ1) is 16.0. The third kappa shape index (κ3) is 4.60. The minimum Gasteiger partial charge on any atom is -0.452 e. The Morgan fingerprint density at radius 2 is 1.95 bits per heavy atom. The average molecular weight is 316 g/mol. The molecule has 0 fully saturated rings. The second-order valence-electron chi connectivity index (χ2n) is 4.30. The fourth-order valence-corrected chi connectivity index (χ4v) is 2.58. The van der Waals surface area contributed by atoms with Crippen LogP contribution in [0.5, 0.6) is 0 Å². The molecule has 0 saturated carbocycles. The molecule has 0 unspecified atom stereocenters. The minimum absolute atomic E-state index is 0.295. The number of likely N-dealkylation sites (N-methyl/N-ethyl adjacent to an activating group) is 1. The van der Waals surface area contributed by atoms with E-state index < -0.39 is 5.97 Å². The Morgan fingerprint density at radius 1 is 1.18 bits per heavy atom. The Balaban J connectivity index is 2.07. The summed E-state index contributed by atoms with van der Waals surface area (Å²) in [6.07, 6.45) is 1.62. The Kier molecular flexibility index (Phi) is 5.97. The molecule has 2 aromatic rings. The fraction of sp³-hybridized carbons (Fsp3) is 0.188. The van der Waals surface area contributed by atoms with Gasteiger partial charge in [-0.1, -0.05) is 30.0 Å². The van der Waals surface area contributed by atoms with Crippen molar-refractivity contribution in [3.05, 3.63) is 54.2 Å². The summed E-state index contributed by atoms with van der Waals surface area (Å²) in [7, 11) is 0. The van der Waals surface area contributed by atoms with Crippen LogP contribution in [0.1, 0.15) is 17.3 Å². The maximum Gasteiger partial charge on any atom is 0.341 e. The molecule has 0 aliphatic rings. The number of ether oxygens (including phenoxy) is 1. The third-order valence-corrected chi connectivity index (χ3v) is 3.68. The maximum atomic E-state index is 12.1. The summed E-state index contributed by atoms with van der Waals surface area (Å²) in [5, 5.41) is 3.12. The predicted octanol–water partition coefficient (Wildman–Crippen LogP) is 2.53. The highest BCUT2D eigenvalue weighted by molar-refractivity contribution is 7.99. The van der Waals surface area contributed by atoms with E-state index in [1.165, 1.54) is 11.8 Å². The SMILES string of the molecule is CCNC(=O)COC(=O)c1cccnc1Sc1ccccc1. The molecular formula is C16H16N2O3S. The van der Waals surface area contributed by atoms with Crippen LogP contribution in [0, 0.1) is 0 Å². The smallest absolute Gasteiger partial charge is 0.341 e. The second kappa shape index (κ2) is 8.19. The predicted molar refractivity (Wildman–Crippen MR) is 83.8 cm³/mol. The van der Waals surface area contributed by atoms with E-state index in [0.717, 1.165) is 4.90 Å². The summed E-state index contributed by atoms with van der Waals surface area (Å²) in [4.78, 5) is 28.6. The van der Waals surface area contributed by atoms with Crippen LogP contribution in [0.15, 0.2) is 58.6 Å². The molecule has 5 nitrogen and oxygen atoms in total.